The van der Waals surface area contributed by atoms with E-state index in [0.717, 1.165) is 29.8 Å². The molecular weight excluding hydrogens is 807 g/mol. The fourth-order valence-electron chi connectivity index (χ4n) is 8.89. The highest BCUT2D eigenvalue weighted by Gasteiger charge is 2.43. The lowest BCUT2D eigenvalue weighted by atomic mass is 9.89. The van der Waals surface area contributed by atoms with E-state index in [4.69, 9.17) is 15.2 Å². The molecule has 62 heavy (non-hydrogen) atoms. The van der Waals surface area contributed by atoms with Crippen molar-refractivity contribution in [3.63, 3.8) is 0 Å². The zero-order valence-electron chi connectivity index (χ0n) is 39.3. The molecule has 1 fully saturated rings. The minimum Gasteiger partial charge on any atom is -0.379 e. The molecule has 0 unspecified atom stereocenters. The first kappa shape index (κ1) is 52.4. The van der Waals surface area contributed by atoms with Gasteiger partial charge < -0.3 is 40.5 Å². The van der Waals surface area contributed by atoms with E-state index in [1.54, 1.807) is 39.4 Å². The maximum Gasteiger partial charge on any atom is 0.245 e. The van der Waals surface area contributed by atoms with Crippen LogP contribution in [0, 0.1) is 23.7 Å². The number of methoxy groups -OCH3 is 2. The highest BCUT2D eigenvalue weighted by Crippen LogP contribution is 2.31. The van der Waals surface area contributed by atoms with Gasteiger partial charge in [0.15, 0.2) is 0 Å². The van der Waals surface area contributed by atoms with E-state index in [-0.39, 0.29) is 65.8 Å². The Morgan fingerprint density at radius 2 is 1.61 bits per heavy atom. The van der Waals surface area contributed by atoms with Crippen molar-refractivity contribution in [3.05, 3.63) is 52.5 Å². The molecular formula is C47H77N7O7S. The Morgan fingerprint density at radius 1 is 0.919 bits per heavy atom. The standard InChI is InChI=1S/C47H77N7O7S/c1-12-32(6)42(53(9)47(59)40(30(2)3)51-45(58)41(31(4)5)52(8)38(55)23-17-14-18-24-48)37(60-10)29-39(56)54-26-19-22-36(54)43(61-11)33(7)44(57)50-35(46-49-25-27-62-46)28-34-20-15-13-16-21-34/h13,15-16,20-21,25,27,30-33,35-37,40-43H,12,14,17-19,22-24,26,28-29,48H2,1-11H3,(H,50,57)(H,51,58)/t32-,33+,35-,36-,37+,40-,41-,42-,43+/m0/s1. The van der Waals surface area contributed by atoms with Crippen LogP contribution >= 0.6 is 11.3 Å². The Hall–Kier alpha value is -3.92. The minimum atomic E-state index is -0.887. The van der Waals surface area contributed by atoms with Gasteiger partial charge in [-0.1, -0.05) is 91.6 Å². The monoisotopic (exact) mass is 884 g/mol. The van der Waals surface area contributed by atoms with Crippen LogP contribution in [0.1, 0.15) is 116 Å². The van der Waals surface area contributed by atoms with Crippen molar-refractivity contribution in [1.29, 1.82) is 0 Å². The van der Waals surface area contributed by atoms with Gasteiger partial charge in [0.05, 0.1) is 42.7 Å². The first-order chi connectivity index (χ1) is 29.5. The lowest BCUT2D eigenvalue weighted by Gasteiger charge is -2.41. The van der Waals surface area contributed by atoms with Gasteiger partial charge in [-0.3, -0.25) is 24.0 Å². The van der Waals surface area contributed by atoms with E-state index < -0.39 is 36.3 Å². The summed E-state index contributed by atoms with van der Waals surface area (Å²) in [6, 6.07) is 7.16. The smallest absolute Gasteiger partial charge is 0.245 e. The summed E-state index contributed by atoms with van der Waals surface area (Å²) in [4.78, 5) is 79.5. The summed E-state index contributed by atoms with van der Waals surface area (Å²) >= 11 is 1.50. The number of nitrogens with zero attached hydrogens (tertiary/aromatic N) is 4. The van der Waals surface area contributed by atoms with Crippen molar-refractivity contribution in [3.8, 4) is 0 Å². The number of hydrogen-bond donors (Lipinski definition) is 3. The van der Waals surface area contributed by atoms with Crippen LogP contribution in [0.3, 0.4) is 0 Å². The van der Waals surface area contributed by atoms with Crippen molar-refractivity contribution in [1.82, 2.24) is 30.3 Å². The lowest BCUT2D eigenvalue weighted by molar-refractivity contribution is -0.148. The van der Waals surface area contributed by atoms with Gasteiger partial charge in [-0.15, -0.1) is 11.3 Å². The molecule has 1 aliphatic heterocycles. The highest BCUT2D eigenvalue weighted by atomic mass is 32.1. The van der Waals surface area contributed by atoms with Gasteiger partial charge >= 0.3 is 0 Å². The number of thiazole rings is 1. The Kier molecular flexibility index (Phi) is 22.0. The summed E-state index contributed by atoms with van der Waals surface area (Å²) in [6.07, 6.45) is 5.92. The molecule has 1 saturated heterocycles. The van der Waals surface area contributed by atoms with Gasteiger partial charge in [0.1, 0.15) is 17.1 Å². The Bertz CT molecular complexity index is 1680. The molecule has 2 heterocycles. The van der Waals surface area contributed by atoms with Crippen molar-refractivity contribution in [2.45, 2.75) is 149 Å². The van der Waals surface area contributed by atoms with Crippen LogP contribution in [0.25, 0.3) is 0 Å². The van der Waals surface area contributed by atoms with Gasteiger partial charge in [0.25, 0.3) is 0 Å². The number of carbonyl (C=O) groups is 5. The zero-order chi connectivity index (χ0) is 46.1. The third-order valence-electron chi connectivity index (χ3n) is 12.6. The second-order valence-corrected chi connectivity index (χ2v) is 18.7. The van der Waals surface area contributed by atoms with E-state index >= 15 is 0 Å². The summed E-state index contributed by atoms with van der Waals surface area (Å²) in [7, 11) is 6.51. The first-order valence-corrected chi connectivity index (χ1v) is 23.5. The Morgan fingerprint density at radius 3 is 2.18 bits per heavy atom. The minimum absolute atomic E-state index is 0.00610. The third kappa shape index (κ3) is 14.3. The molecule has 0 bridgehead atoms. The molecule has 5 amide bonds. The normalized spacial score (nSPS) is 18.0. The number of aromatic nitrogens is 1. The quantitative estimate of drug-likeness (QED) is 0.102. The van der Waals surface area contributed by atoms with Crippen LogP contribution < -0.4 is 16.4 Å². The van der Waals surface area contributed by atoms with Crippen molar-refractivity contribution in [2.75, 3.05) is 41.4 Å². The van der Waals surface area contributed by atoms with Crippen LogP contribution in [0.2, 0.25) is 0 Å². The van der Waals surface area contributed by atoms with E-state index in [1.165, 1.54) is 16.2 Å². The molecule has 0 saturated carbocycles. The van der Waals surface area contributed by atoms with E-state index in [0.29, 0.717) is 45.2 Å². The number of carbonyl (C=O) groups excluding carboxylic acids is 5. The Labute approximate surface area is 375 Å². The molecule has 348 valence electrons. The average molecular weight is 884 g/mol. The predicted molar refractivity (Wildman–Crippen MR) is 245 cm³/mol. The molecule has 15 heteroatoms. The van der Waals surface area contributed by atoms with Crippen molar-refractivity contribution in [2.24, 2.45) is 29.4 Å². The molecule has 0 radical (unpaired) electrons. The van der Waals surface area contributed by atoms with Crippen molar-refractivity contribution < 1.29 is 33.4 Å². The number of unbranched alkanes of at least 4 members (excludes halogenated alkanes) is 2. The van der Waals surface area contributed by atoms with Gasteiger partial charge in [0, 0.05) is 52.9 Å². The van der Waals surface area contributed by atoms with Crippen LogP contribution in [-0.2, 0) is 39.9 Å². The van der Waals surface area contributed by atoms with Crippen LogP contribution in [0.4, 0.5) is 0 Å². The highest BCUT2D eigenvalue weighted by molar-refractivity contribution is 7.09. The number of rotatable bonds is 26. The van der Waals surface area contributed by atoms with Crippen LogP contribution in [0.15, 0.2) is 41.9 Å². The van der Waals surface area contributed by atoms with Gasteiger partial charge in [-0.25, -0.2) is 4.98 Å². The fraction of sp³-hybridized carbons (Fsp3) is 0.702. The number of hydrogen-bond acceptors (Lipinski definition) is 10. The van der Waals surface area contributed by atoms with Gasteiger partial charge in [-0.05, 0) is 62.0 Å². The average Bonchev–Trinajstić information content (AvgIpc) is 3.97. The molecule has 14 nitrogen and oxygen atoms in total. The van der Waals surface area contributed by atoms with Gasteiger partial charge in [-0.2, -0.15) is 0 Å². The molecule has 1 aromatic carbocycles. The molecule has 0 aliphatic carbocycles. The maximum atomic E-state index is 14.5. The lowest BCUT2D eigenvalue weighted by Crippen LogP contribution is -2.60. The van der Waals surface area contributed by atoms with E-state index in [1.807, 2.05) is 89.1 Å². The number of benzene rings is 1. The number of likely N-dealkylation sites (tertiary alicyclic amines) is 1. The zero-order valence-corrected chi connectivity index (χ0v) is 40.1. The van der Waals surface area contributed by atoms with Crippen LogP contribution in [-0.4, -0.2) is 127 Å². The maximum absolute atomic E-state index is 14.5. The number of amides is 5. The number of ether oxygens (including phenoxy) is 2. The molecule has 3 rings (SSSR count). The number of nitrogens with two attached hydrogens (primary N) is 1. The fourth-order valence-corrected chi connectivity index (χ4v) is 9.58. The van der Waals surface area contributed by atoms with Crippen molar-refractivity contribution >= 4 is 40.9 Å². The van der Waals surface area contributed by atoms with E-state index in [9.17, 15) is 24.0 Å². The largest absolute Gasteiger partial charge is 0.379 e. The topological polar surface area (TPSA) is 176 Å². The summed E-state index contributed by atoms with van der Waals surface area (Å²) in [6.45, 7) is 14.5. The second kappa shape index (κ2) is 26.0. The predicted octanol–water partition coefficient (Wildman–Crippen LogP) is 5.61. The molecule has 1 aliphatic rings. The SMILES string of the molecule is CC[C@H](C)[C@@H]([C@@H](CC(=O)N1CCC[C@H]1[C@H](OC)[C@@H](C)C(=O)N[C@@H](Cc1ccccc1)c1nccs1)OC)N(C)C(=O)[C@@H](NC(=O)[C@H](C(C)C)N(C)C(=O)CCCCCN)C(C)C. The summed E-state index contributed by atoms with van der Waals surface area (Å²) in [5.41, 5.74) is 6.70. The summed E-state index contributed by atoms with van der Waals surface area (Å²) in [5.74, 6) is -2.25. The molecule has 0 spiro atoms. The Balaban J connectivity index is 1.78. The number of nitrogens with one attached hydrogen (secondary N) is 2. The summed E-state index contributed by atoms with van der Waals surface area (Å²) < 4.78 is 12.1. The third-order valence-corrected chi connectivity index (χ3v) is 13.5. The first-order valence-electron chi connectivity index (χ1n) is 22.6. The second-order valence-electron chi connectivity index (χ2n) is 17.7. The molecule has 4 N–H and O–H groups in total. The molecule has 1 aromatic heterocycles. The van der Waals surface area contributed by atoms with Gasteiger partial charge in [0.2, 0.25) is 29.5 Å². The summed E-state index contributed by atoms with van der Waals surface area (Å²) in [5, 5.41) is 8.96. The van der Waals surface area contributed by atoms with Crippen LogP contribution in [0.5, 0.6) is 0 Å². The number of likely N-dealkylation sites (N-methyl/N-ethyl adjacent to an activating group) is 2. The van der Waals surface area contributed by atoms with E-state index in [2.05, 4.69) is 15.6 Å². The molecule has 9 atom stereocenters. The molecule has 2 aromatic rings.